The van der Waals surface area contributed by atoms with E-state index < -0.39 is 15.7 Å². The van der Waals surface area contributed by atoms with Crippen LogP contribution in [-0.2, 0) is 9.59 Å². The second-order valence-corrected chi connectivity index (χ2v) is 5.47. The summed E-state index contributed by atoms with van der Waals surface area (Å²) in [7, 11) is 0. The first-order valence-corrected chi connectivity index (χ1v) is 7.02. The largest absolute Gasteiger partial charge is 0.304 e. The molecule has 0 N–H and O–H groups in total. The summed E-state index contributed by atoms with van der Waals surface area (Å²) in [5, 5.41) is -0.610. The van der Waals surface area contributed by atoms with Crippen molar-refractivity contribution >= 4 is 77.2 Å². The van der Waals surface area contributed by atoms with E-state index in [0.29, 0.717) is 5.56 Å². The number of carbonyl (C=O) groups excluding carboxylic acids is 3. The van der Waals surface area contributed by atoms with Crippen LogP contribution in [0.5, 0.6) is 0 Å². The normalized spacial score (nSPS) is 9.60. The van der Waals surface area contributed by atoms with Crippen LogP contribution in [0.25, 0.3) is 10.8 Å². The summed E-state index contributed by atoms with van der Waals surface area (Å²) < 4.78 is 0.990. The molecule has 0 aliphatic rings. The molecule has 104 valence electrons. The molecule has 2 aromatic carbocycles. The molecular formula is C13H6BrCl3O3. The lowest BCUT2D eigenvalue weighted by Gasteiger charge is -2.00. The Morgan fingerprint density at radius 1 is 0.800 bits per heavy atom. The van der Waals surface area contributed by atoms with Gasteiger partial charge in [0.2, 0.25) is 0 Å². The average Bonchev–Trinajstić information content (AvgIpc) is 2.38. The number of rotatable bonds is 2. The SMILES string of the molecule is O=C(Cl)C(=O)Cl.O=C(Cl)c1ccc2ccc(Br)cc2c1. The zero-order chi connectivity index (χ0) is 15.3. The van der Waals surface area contributed by atoms with Crippen LogP contribution >= 0.6 is 50.7 Å². The minimum Gasteiger partial charge on any atom is -0.276 e. The molecule has 7 heteroatoms. The van der Waals surface area contributed by atoms with E-state index in [1.807, 2.05) is 24.3 Å². The molecule has 0 saturated heterocycles. The number of hydrogen-bond acceptors (Lipinski definition) is 3. The Kier molecular flexibility index (Phi) is 6.62. The van der Waals surface area contributed by atoms with Crippen LogP contribution in [0.4, 0.5) is 0 Å². The van der Waals surface area contributed by atoms with E-state index in [1.54, 1.807) is 12.1 Å². The van der Waals surface area contributed by atoms with Crippen LogP contribution < -0.4 is 0 Å². The molecule has 0 heterocycles. The van der Waals surface area contributed by atoms with E-state index in [1.165, 1.54) is 0 Å². The zero-order valence-electron chi connectivity index (χ0n) is 9.70. The highest BCUT2D eigenvalue weighted by Gasteiger charge is 2.03. The Hall–Kier alpha value is -0.940. The van der Waals surface area contributed by atoms with Gasteiger partial charge in [-0.05, 0) is 69.8 Å². The highest BCUT2D eigenvalue weighted by molar-refractivity contribution is 9.10. The molecule has 0 aromatic heterocycles. The van der Waals surface area contributed by atoms with Gasteiger partial charge in [0.25, 0.3) is 5.24 Å². The molecule has 2 aromatic rings. The van der Waals surface area contributed by atoms with Crippen LogP contribution in [0, 0.1) is 0 Å². The van der Waals surface area contributed by atoms with Gasteiger partial charge in [0.05, 0.1) is 0 Å². The van der Waals surface area contributed by atoms with Crippen LogP contribution in [0.1, 0.15) is 10.4 Å². The number of halogens is 4. The van der Waals surface area contributed by atoms with Gasteiger partial charge in [-0.25, -0.2) is 0 Å². The van der Waals surface area contributed by atoms with Crippen LogP contribution in [0.3, 0.4) is 0 Å². The summed E-state index contributed by atoms with van der Waals surface area (Å²) in [6, 6.07) is 11.3. The van der Waals surface area contributed by atoms with Crippen molar-refractivity contribution in [2.75, 3.05) is 0 Å². The quantitative estimate of drug-likeness (QED) is 0.555. The highest BCUT2D eigenvalue weighted by Crippen LogP contribution is 2.21. The lowest BCUT2D eigenvalue weighted by Crippen LogP contribution is -1.94. The van der Waals surface area contributed by atoms with Crippen LogP contribution in [-0.4, -0.2) is 15.7 Å². The van der Waals surface area contributed by atoms with Crippen molar-refractivity contribution in [3.05, 3.63) is 46.4 Å². The minimum absolute atomic E-state index is 0.424. The fourth-order valence-electron chi connectivity index (χ4n) is 1.34. The predicted octanol–water partition coefficient (Wildman–Crippen LogP) is 4.50. The first-order chi connectivity index (χ1) is 9.31. The van der Waals surface area contributed by atoms with E-state index in [0.717, 1.165) is 15.2 Å². The van der Waals surface area contributed by atoms with Gasteiger partial charge in [-0.2, -0.15) is 0 Å². The zero-order valence-corrected chi connectivity index (χ0v) is 13.6. The maximum absolute atomic E-state index is 10.9. The molecule has 3 nitrogen and oxygen atoms in total. The summed E-state index contributed by atoms with van der Waals surface area (Å²) in [5.41, 5.74) is 0.525. The standard InChI is InChI=1S/C11H6BrClO.C2Cl2O2/c12-10-4-3-7-1-2-8(11(13)14)5-9(7)6-10;3-1(5)2(4)6/h1-6H;. The third kappa shape index (κ3) is 5.21. The van der Waals surface area contributed by atoms with Crippen LogP contribution in [0.2, 0.25) is 0 Å². The maximum Gasteiger partial charge on any atom is 0.304 e. The molecule has 0 aliphatic carbocycles. The van der Waals surface area contributed by atoms with Crippen molar-refractivity contribution in [1.82, 2.24) is 0 Å². The van der Waals surface area contributed by atoms with E-state index in [2.05, 4.69) is 39.1 Å². The van der Waals surface area contributed by atoms with Gasteiger partial charge in [-0.1, -0.05) is 28.1 Å². The number of carbonyl (C=O) groups is 3. The molecule has 0 amide bonds. The van der Waals surface area contributed by atoms with E-state index >= 15 is 0 Å². The fraction of sp³-hybridized carbons (Fsp3) is 0. The van der Waals surface area contributed by atoms with Gasteiger partial charge in [-0.3, -0.25) is 14.4 Å². The van der Waals surface area contributed by atoms with Crippen molar-refractivity contribution in [3.63, 3.8) is 0 Å². The lowest BCUT2D eigenvalue weighted by atomic mass is 10.1. The molecule has 0 bridgehead atoms. The third-order valence-electron chi connectivity index (χ3n) is 2.18. The van der Waals surface area contributed by atoms with Crippen molar-refractivity contribution in [1.29, 1.82) is 0 Å². The second-order valence-electron chi connectivity index (χ2n) is 3.53. The first-order valence-electron chi connectivity index (χ1n) is 5.09. The summed E-state index contributed by atoms with van der Waals surface area (Å²) in [5.74, 6) is 0. The predicted molar refractivity (Wildman–Crippen MR) is 83.6 cm³/mol. The summed E-state index contributed by atoms with van der Waals surface area (Å²) >= 11 is 17.8. The molecule has 0 aliphatic heterocycles. The summed E-state index contributed by atoms with van der Waals surface area (Å²) in [6.07, 6.45) is 0. The molecule has 0 spiro atoms. The number of benzene rings is 2. The lowest BCUT2D eigenvalue weighted by molar-refractivity contribution is -0.127. The average molecular weight is 396 g/mol. The maximum atomic E-state index is 10.9. The molecule has 0 radical (unpaired) electrons. The number of fused-ring (bicyclic) bond motifs is 1. The molecular weight excluding hydrogens is 390 g/mol. The van der Waals surface area contributed by atoms with Gasteiger partial charge < -0.3 is 0 Å². The monoisotopic (exact) mass is 394 g/mol. The van der Waals surface area contributed by atoms with Crippen molar-refractivity contribution in [2.24, 2.45) is 0 Å². The molecule has 20 heavy (non-hydrogen) atoms. The minimum atomic E-state index is -1.14. The molecule has 2 rings (SSSR count). The Bertz CT molecular complexity index is 674. The van der Waals surface area contributed by atoms with Gasteiger partial charge in [-0.15, -0.1) is 0 Å². The molecule has 0 saturated carbocycles. The molecule has 0 atom stereocenters. The van der Waals surface area contributed by atoms with Crippen LogP contribution in [0.15, 0.2) is 40.9 Å². The van der Waals surface area contributed by atoms with Crippen molar-refractivity contribution < 1.29 is 14.4 Å². The van der Waals surface area contributed by atoms with E-state index in [4.69, 9.17) is 11.6 Å². The Labute approximate surface area is 137 Å². The van der Waals surface area contributed by atoms with E-state index in [9.17, 15) is 14.4 Å². The van der Waals surface area contributed by atoms with Gasteiger partial charge in [0.15, 0.2) is 0 Å². The Morgan fingerprint density at radius 2 is 1.35 bits per heavy atom. The van der Waals surface area contributed by atoms with Gasteiger partial charge in [0, 0.05) is 10.0 Å². The summed E-state index contributed by atoms with van der Waals surface area (Å²) in [4.78, 5) is 29.8. The third-order valence-corrected chi connectivity index (χ3v) is 3.34. The van der Waals surface area contributed by atoms with Gasteiger partial charge in [0.1, 0.15) is 0 Å². The highest BCUT2D eigenvalue weighted by atomic mass is 79.9. The molecule has 0 unspecified atom stereocenters. The smallest absolute Gasteiger partial charge is 0.276 e. The van der Waals surface area contributed by atoms with E-state index in [-0.39, 0.29) is 0 Å². The Balaban J connectivity index is 0.000000286. The number of hydrogen-bond donors (Lipinski definition) is 0. The topological polar surface area (TPSA) is 51.2 Å². The summed E-state index contributed by atoms with van der Waals surface area (Å²) in [6.45, 7) is 0. The van der Waals surface area contributed by atoms with Crippen molar-refractivity contribution in [3.8, 4) is 0 Å². The second kappa shape index (κ2) is 7.74. The van der Waals surface area contributed by atoms with Crippen molar-refractivity contribution in [2.45, 2.75) is 0 Å². The Morgan fingerprint density at radius 3 is 1.85 bits per heavy atom. The first kappa shape index (κ1) is 17.1. The van der Waals surface area contributed by atoms with Gasteiger partial charge >= 0.3 is 10.5 Å². The molecule has 0 fully saturated rings. The fourth-order valence-corrected chi connectivity index (χ4v) is 1.84.